The maximum atomic E-state index is 6.12. The topological polar surface area (TPSA) is 28.2 Å². The first kappa shape index (κ1) is 13.1. The fourth-order valence-electron chi connectivity index (χ4n) is 2.20. The fourth-order valence-corrected chi connectivity index (χ4v) is 2.62. The van der Waals surface area contributed by atoms with E-state index in [1.807, 2.05) is 0 Å². The van der Waals surface area contributed by atoms with Crippen LogP contribution in [0.15, 0.2) is 12.3 Å². The van der Waals surface area contributed by atoms with Crippen LogP contribution in [0.1, 0.15) is 18.4 Å². The highest BCUT2D eigenvalue weighted by Gasteiger charge is 2.16. The van der Waals surface area contributed by atoms with E-state index in [0.29, 0.717) is 16.2 Å². The second-order valence-corrected chi connectivity index (χ2v) is 5.38. The highest BCUT2D eigenvalue weighted by Crippen LogP contribution is 2.20. The molecule has 2 rings (SSSR count). The lowest BCUT2D eigenvalue weighted by atomic mass is 10.2. The number of nitrogens with one attached hydrogen (secondary N) is 1. The molecule has 0 spiro atoms. The first-order chi connectivity index (χ1) is 8.15. The van der Waals surface area contributed by atoms with Crippen LogP contribution in [0.5, 0.6) is 0 Å². The Morgan fingerprint density at radius 1 is 1.53 bits per heavy atom. The van der Waals surface area contributed by atoms with Crippen molar-refractivity contribution in [2.75, 3.05) is 20.1 Å². The first-order valence-electron chi connectivity index (χ1n) is 5.87. The van der Waals surface area contributed by atoms with E-state index in [2.05, 4.69) is 22.2 Å². The van der Waals surface area contributed by atoms with Gasteiger partial charge in [0.15, 0.2) is 0 Å². The molecule has 2 heterocycles. The summed E-state index contributed by atoms with van der Waals surface area (Å²) in [6, 6.07) is 2.30. The monoisotopic (exact) mass is 273 g/mol. The van der Waals surface area contributed by atoms with Crippen molar-refractivity contribution in [3.05, 3.63) is 28.0 Å². The summed E-state index contributed by atoms with van der Waals surface area (Å²) in [6.45, 7) is 2.99. The van der Waals surface area contributed by atoms with Gasteiger partial charge in [0.05, 0.1) is 0 Å². The van der Waals surface area contributed by atoms with Gasteiger partial charge in [-0.15, -0.1) is 0 Å². The predicted molar refractivity (Wildman–Crippen MR) is 71.6 cm³/mol. The summed E-state index contributed by atoms with van der Waals surface area (Å²) < 4.78 is 0. The van der Waals surface area contributed by atoms with E-state index < -0.39 is 0 Å². The van der Waals surface area contributed by atoms with Gasteiger partial charge in [-0.05, 0) is 32.5 Å². The zero-order chi connectivity index (χ0) is 12.3. The van der Waals surface area contributed by atoms with Gasteiger partial charge in [0, 0.05) is 35.9 Å². The zero-order valence-electron chi connectivity index (χ0n) is 9.92. The van der Waals surface area contributed by atoms with Gasteiger partial charge >= 0.3 is 0 Å². The minimum absolute atomic E-state index is 0.443. The number of hydrogen-bond donors (Lipinski definition) is 1. The van der Waals surface area contributed by atoms with Crippen LogP contribution in [0.2, 0.25) is 10.2 Å². The molecular weight excluding hydrogens is 257 g/mol. The molecule has 0 aliphatic carbocycles. The maximum absolute atomic E-state index is 6.12. The molecule has 0 radical (unpaired) electrons. The van der Waals surface area contributed by atoms with Gasteiger partial charge in [0.2, 0.25) is 0 Å². The van der Waals surface area contributed by atoms with E-state index in [0.717, 1.165) is 25.2 Å². The van der Waals surface area contributed by atoms with Crippen LogP contribution in [0.3, 0.4) is 0 Å². The van der Waals surface area contributed by atoms with Crippen LogP contribution in [-0.2, 0) is 6.54 Å². The van der Waals surface area contributed by atoms with Crippen molar-refractivity contribution < 1.29 is 0 Å². The number of hydrogen-bond acceptors (Lipinski definition) is 3. The lowest BCUT2D eigenvalue weighted by Gasteiger charge is -2.21. The molecule has 1 aromatic heterocycles. The predicted octanol–water partition coefficient (Wildman–Crippen LogP) is 2.57. The Bertz CT molecular complexity index is 378. The summed E-state index contributed by atoms with van der Waals surface area (Å²) in [6.07, 6.45) is 4.29. The Morgan fingerprint density at radius 2 is 2.35 bits per heavy atom. The van der Waals surface area contributed by atoms with Gasteiger partial charge in [-0.3, -0.25) is 0 Å². The Balaban J connectivity index is 1.90. The molecule has 1 aliphatic heterocycles. The average Bonchev–Trinajstić information content (AvgIpc) is 2.75. The molecule has 0 aromatic carbocycles. The molecule has 1 aliphatic rings. The molecule has 5 heteroatoms. The van der Waals surface area contributed by atoms with E-state index in [1.165, 1.54) is 12.8 Å². The van der Waals surface area contributed by atoms with Crippen LogP contribution in [-0.4, -0.2) is 36.1 Å². The molecule has 1 unspecified atom stereocenters. The van der Waals surface area contributed by atoms with Gasteiger partial charge in [-0.25, -0.2) is 4.98 Å². The Labute approximate surface area is 112 Å². The minimum atomic E-state index is 0.443. The van der Waals surface area contributed by atoms with Crippen LogP contribution < -0.4 is 5.32 Å². The van der Waals surface area contributed by atoms with Crippen molar-refractivity contribution >= 4 is 23.2 Å². The third-order valence-electron chi connectivity index (χ3n) is 3.03. The molecule has 1 saturated heterocycles. The van der Waals surface area contributed by atoms with Crippen LogP contribution in [0, 0.1) is 0 Å². The molecule has 0 saturated carbocycles. The molecule has 1 fully saturated rings. The Morgan fingerprint density at radius 3 is 3.00 bits per heavy atom. The van der Waals surface area contributed by atoms with Crippen LogP contribution in [0.4, 0.5) is 0 Å². The molecule has 0 amide bonds. The molecule has 94 valence electrons. The van der Waals surface area contributed by atoms with Crippen molar-refractivity contribution in [3.63, 3.8) is 0 Å². The second kappa shape index (κ2) is 6.01. The van der Waals surface area contributed by atoms with Gasteiger partial charge in [-0.2, -0.15) is 0 Å². The number of aromatic nitrogens is 1. The van der Waals surface area contributed by atoms with Crippen molar-refractivity contribution in [2.45, 2.75) is 25.4 Å². The molecule has 17 heavy (non-hydrogen) atoms. The number of halogens is 2. The SMILES string of the molecule is CN(Cc1cnc(Cl)cc1Cl)CC1CCCN1. The van der Waals surface area contributed by atoms with Crippen LogP contribution in [0.25, 0.3) is 0 Å². The first-order valence-corrected chi connectivity index (χ1v) is 6.62. The number of pyridine rings is 1. The maximum Gasteiger partial charge on any atom is 0.130 e. The average molecular weight is 274 g/mol. The molecule has 0 bridgehead atoms. The summed E-state index contributed by atoms with van der Waals surface area (Å²) in [5.74, 6) is 0. The van der Waals surface area contributed by atoms with Crippen molar-refractivity contribution in [3.8, 4) is 0 Å². The quantitative estimate of drug-likeness (QED) is 0.855. The minimum Gasteiger partial charge on any atom is -0.313 e. The lowest BCUT2D eigenvalue weighted by molar-refractivity contribution is 0.293. The van der Waals surface area contributed by atoms with Gasteiger partial charge in [-0.1, -0.05) is 23.2 Å². The second-order valence-electron chi connectivity index (χ2n) is 4.59. The van der Waals surface area contributed by atoms with Gasteiger partial charge in [0.1, 0.15) is 5.15 Å². The molecule has 1 N–H and O–H groups in total. The third-order valence-corrected chi connectivity index (χ3v) is 3.59. The normalized spacial score (nSPS) is 20.1. The summed E-state index contributed by atoms with van der Waals surface area (Å²) >= 11 is 11.9. The highest BCUT2D eigenvalue weighted by atomic mass is 35.5. The van der Waals surface area contributed by atoms with E-state index in [-0.39, 0.29) is 0 Å². The van der Waals surface area contributed by atoms with Crippen molar-refractivity contribution in [2.24, 2.45) is 0 Å². The Hall–Kier alpha value is -0.350. The van der Waals surface area contributed by atoms with Crippen molar-refractivity contribution in [1.82, 2.24) is 15.2 Å². The largest absolute Gasteiger partial charge is 0.313 e. The molecule has 1 aromatic rings. The highest BCUT2D eigenvalue weighted by molar-refractivity contribution is 6.34. The smallest absolute Gasteiger partial charge is 0.130 e. The van der Waals surface area contributed by atoms with Crippen molar-refractivity contribution in [1.29, 1.82) is 0 Å². The van der Waals surface area contributed by atoms with Gasteiger partial charge in [0.25, 0.3) is 0 Å². The van der Waals surface area contributed by atoms with E-state index >= 15 is 0 Å². The van der Waals surface area contributed by atoms with E-state index in [1.54, 1.807) is 12.3 Å². The third kappa shape index (κ3) is 3.81. The fraction of sp³-hybridized carbons (Fsp3) is 0.583. The van der Waals surface area contributed by atoms with E-state index in [9.17, 15) is 0 Å². The van der Waals surface area contributed by atoms with E-state index in [4.69, 9.17) is 23.2 Å². The van der Waals surface area contributed by atoms with Gasteiger partial charge < -0.3 is 10.2 Å². The zero-order valence-corrected chi connectivity index (χ0v) is 11.4. The summed E-state index contributed by atoms with van der Waals surface area (Å²) in [4.78, 5) is 6.33. The summed E-state index contributed by atoms with van der Waals surface area (Å²) in [5, 5.41) is 4.62. The summed E-state index contributed by atoms with van der Waals surface area (Å²) in [5.41, 5.74) is 1.02. The molecule has 3 nitrogen and oxygen atoms in total. The standard InChI is InChI=1S/C12H17Cl2N3/c1-17(8-10-3-2-4-15-10)7-9-6-16-12(14)5-11(9)13/h5-6,10,15H,2-4,7-8H2,1H3. The number of likely N-dealkylation sites (N-methyl/N-ethyl adjacent to an activating group) is 1. The molecule has 1 atom stereocenters. The summed E-state index contributed by atoms with van der Waals surface area (Å²) in [7, 11) is 2.10. The van der Waals surface area contributed by atoms with Crippen LogP contribution >= 0.6 is 23.2 Å². The number of nitrogens with zero attached hydrogens (tertiary/aromatic N) is 2. The molecular formula is C12H17Cl2N3. The number of rotatable bonds is 4. The Kier molecular flexibility index (Phi) is 4.62. The lowest BCUT2D eigenvalue weighted by Crippen LogP contribution is -2.35.